The molecule has 2 rings (SSSR count). The lowest BCUT2D eigenvalue weighted by atomic mass is 10.0. The highest BCUT2D eigenvalue weighted by Crippen LogP contribution is 2.23. The van der Waals surface area contributed by atoms with Crippen LogP contribution in [-0.2, 0) is 4.79 Å². The molecule has 1 aliphatic rings. The molecule has 132 valence electrons. The van der Waals surface area contributed by atoms with Crippen LogP contribution in [0, 0.1) is 5.82 Å². The average Bonchev–Trinajstić information content (AvgIpc) is 3.00. The van der Waals surface area contributed by atoms with Crippen LogP contribution < -0.4 is 22.0 Å². The smallest absolute Gasteiger partial charge is 0.322 e. The maximum absolute atomic E-state index is 13.9. The molecule has 24 heavy (non-hydrogen) atoms. The zero-order valence-electron chi connectivity index (χ0n) is 13.4. The molecule has 1 aromatic rings. The lowest BCUT2D eigenvalue weighted by molar-refractivity contribution is -0.138. The first-order valence-electron chi connectivity index (χ1n) is 7.74. The summed E-state index contributed by atoms with van der Waals surface area (Å²) in [6.07, 6.45) is 0.918. The van der Waals surface area contributed by atoms with Crippen LogP contribution in [0.15, 0.2) is 18.2 Å². The fourth-order valence-electron chi connectivity index (χ4n) is 2.51. The molecule has 0 radical (unpaired) electrons. The van der Waals surface area contributed by atoms with Crippen LogP contribution in [0.1, 0.15) is 35.3 Å². The Kier molecular flexibility index (Phi) is 6.21. The highest BCUT2D eigenvalue weighted by molar-refractivity contribution is 5.94. The quantitative estimate of drug-likeness (QED) is 0.464. The molecule has 1 aromatic carbocycles. The zero-order valence-corrected chi connectivity index (χ0v) is 13.4. The van der Waals surface area contributed by atoms with Crippen LogP contribution in [0.3, 0.4) is 0 Å². The first-order chi connectivity index (χ1) is 11.4. The maximum Gasteiger partial charge on any atom is 0.322 e. The lowest BCUT2D eigenvalue weighted by Gasteiger charge is -2.22. The summed E-state index contributed by atoms with van der Waals surface area (Å²) in [6, 6.07) is 2.80. The summed E-state index contributed by atoms with van der Waals surface area (Å²) in [5.41, 5.74) is 12.1. The van der Waals surface area contributed by atoms with Crippen molar-refractivity contribution < 1.29 is 19.1 Å². The first kappa shape index (κ1) is 18.3. The van der Waals surface area contributed by atoms with Crippen molar-refractivity contribution in [3.63, 3.8) is 0 Å². The summed E-state index contributed by atoms with van der Waals surface area (Å²) >= 11 is 0. The van der Waals surface area contributed by atoms with Gasteiger partial charge in [0.25, 0.3) is 5.91 Å². The van der Waals surface area contributed by atoms with E-state index in [1.54, 1.807) is 6.07 Å². The number of rotatable bonds is 7. The van der Waals surface area contributed by atoms with E-state index in [1.807, 2.05) is 11.9 Å². The third-order valence-electron chi connectivity index (χ3n) is 3.73. The van der Waals surface area contributed by atoms with Gasteiger partial charge in [0.1, 0.15) is 11.9 Å². The first-order valence-corrected chi connectivity index (χ1v) is 7.74. The summed E-state index contributed by atoms with van der Waals surface area (Å²) in [4.78, 5) is 22.8. The number of halogens is 1. The van der Waals surface area contributed by atoms with Gasteiger partial charge in [-0.15, -0.1) is 0 Å². The number of carboxylic acids is 1. The Morgan fingerprint density at radius 3 is 2.92 bits per heavy atom. The van der Waals surface area contributed by atoms with Gasteiger partial charge in [0.15, 0.2) is 0 Å². The van der Waals surface area contributed by atoms with Gasteiger partial charge >= 0.3 is 5.97 Å². The van der Waals surface area contributed by atoms with Gasteiger partial charge in [-0.05, 0) is 30.2 Å². The standard InChI is InChI=1S/C15H22FN5O3/c1-2-3-21-13(8-19-20-21)9-4-10(6-11(16)5-9)14(22)18-7-12(17)15(23)24/h4-6,12-13,19-20H,2-3,7-8,17H2,1H3,(H,18,22)(H,23,24)/t12-,13?/m1/s1. The molecule has 0 spiro atoms. The molecule has 1 saturated heterocycles. The molecule has 1 amide bonds. The van der Waals surface area contributed by atoms with E-state index in [1.165, 1.54) is 6.07 Å². The minimum absolute atomic E-state index is 0.103. The molecular formula is C15H22FN5O3. The van der Waals surface area contributed by atoms with E-state index >= 15 is 0 Å². The van der Waals surface area contributed by atoms with Crippen LogP contribution in [0.4, 0.5) is 4.39 Å². The predicted molar refractivity (Wildman–Crippen MR) is 85.2 cm³/mol. The van der Waals surface area contributed by atoms with Gasteiger partial charge in [0.05, 0.1) is 6.04 Å². The zero-order chi connectivity index (χ0) is 17.7. The van der Waals surface area contributed by atoms with Crippen LogP contribution in [0.25, 0.3) is 0 Å². The molecule has 0 bridgehead atoms. The van der Waals surface area contributed by atoms with E-state index in [9.17, 15) is 14.0 Å². The number of nitrogens with two attached hydrogens (primary N) is 1. The Morgan fingerprint density at radius 1 is 1.50 bits per heavy atom. The molecule has 1 fully saturated rings. The summed E-state index contributed by atoms with van der Waals surface area (Å²) in [7, 11) is 0. The molecule has 0 aromatic heterocycles. The number of hydrazine groups is 2. The van der Waals surface area contributed by atoms with Crippen molar-refractivity contribution in [3.8, 4) is 0 Å². The van der Waals surface area contributed by atoms with Gasteiger partial charge in [-0.1, -0.05) is 6.92 Å². The molecule has 2 atom stereocenters. The van der Waals surface area contributed by atoms with Gasteiger partial charge in [0.2, 0.25) is 0 Å². The Morgan fingerprint density at radius 2 is 2.25 bits per heavy atom. The molecule has 1 unspecified atom stereocenters. The topological polar surface area (TPSA) is 120 Å². The lowest BCUT2D eigenvalue weighted by Crippen LogP contribution is -2.42. The Bertz CT molecular complexity index is 613. The summed E-state index contributed by atoms with van der Waals surface area (Å²) in [6.45, 7) is 3.15. The second-order valence-electron chi connectivity index (χ2n) is 5.63. The summed E-state index contributed by atoms with van der Waals surface area (Å²) < 4.78 is 13.9. The Balaban J connectivity index is 2.13. The maximum atomic E-state index is 13.9. The van der Waals surface area contributed by atoms with Crippen molar-refractivity contribution in [1.82, 2.24) is 21.3 Å². The normalized spacial score (nSPS) is 19.2. The molecular weight excluding hydrogens is 317 g/mol. The fourth-order valence-corrected chi connectivity index (χ4v) is 2.51. The Hall–Kier alpha value is -2.07. The van der Waals surface area contributed by atoms with E-state index in [4.69, 9.17) is 10.8 Å². The number of hydrogen-bond acceptors (Lipinski definition) is 6. The summed E-state index contributed by atoms with van der Waals surface area (Å²) in [5.74, 6) is -2.30. The molecule has 0 aliphatic carbocycles. The van der Waals surface area contributed by atoms with Crippen molar-refractivity contribution in [3.05, 3.63) is 35.1 Å². The molecule has 1 aliphatic heterocycles. The van der Waals surface area contributed by atoms with Gasteiger partial charge < -0.3 is 16.2 Å². The fraction of sp³-hybridized carbons (Fsp3) is 0.467. The summed E-state index contributed by atoms with van der Waals surface area (Å²) in [5, 5.41) is 13.1. The van der Waals surface area contributed by atoms with Crippen molar-refractivity contribution >= 4 is 11.9 Å². The average molecular weight is 339 g/mol. The van der Waals surface area contributed by atoms with E-state index in [0.717, 1.165) is 19.0 Å². The number of hydrogen-bond donors (Lipinski definition) is 5. The van der Waals surface area contributed by atoms with E-state index in [2.05, 4.69) is 16.3 Å². The number of amides is 1. The van der Waals surface area contributed by atoms with Crippen LogP contribution in [0.5, 0.6) is 0 Å². The highest BCUT2D eigenvalue weighted by atomic mass is 19.1. The molecule has 8 nitrogen and oxygen atoms in total. The second-order valence-corrected chi connectivity index (χ2v) is 5.63. The van der Waals surface area contributed by atoms with Crippen LogP contribution >= 0.6 is 0 Å². The number of carboxylic acid groups (broad SMARTS) is 1. The molecule has 1 heterocycles. The third kappa shape index (κ3) is 4.48. The highest BCUT2D eigenvalue weighted by Gasteiger charge is 2.26. The van der Waals surface area contributed by atoms with E-state index in [0.29, 0.717) is 12.1 Å². The van der Waals surface area contributed by atoms with Crippen molar-refractivity contribution in [2.75, 3.05) is 19.6 Å². The number of carbonyl (C=O) groups is 2. The molecule has 6 N–H and O–H groups in total. The third-order valence-corrected chi connectivity index (χ3v) is 3.73. The van der Waals surface area contributed by atoms with Crippen molar-refractivity contribution in [1.29, 1.82) is 0 Å². The van der Waals surface area contributed by atoms with Gasteiger partial charge in [0, 0.05) is 25.2 Å². The number of carbonyl (C=O) groups excluding carboxylic acids is 1. The second kappa shape index (κ2) is 8.15. The minimum atomic E-state index is -1.21. The number of nitrogens with zero attached hydrogens (tertiary/aromatic N) is 1. The minimum Gasteiger partial charge on any atom is -0.480 e. The van der Waals surface area contributed by atoms with E-state index < -0.39 is 23.7 Å². The SMILES string of the molecule is CCCN1NNCC1c1cc(F)cc(C(=O)NC[C@@H](N)C(=O)O)c1. The van der Waals surface area contributed by atoms with Gasteiger partial charge in [-0.25, -0.2) is 14.8 Å². The Labute approximate surface area is 139 Å². The van der Waals surface area contributed by atoms with Crippen molar-refractivity contribution in [2.24, 2.45) is 5.73 Å². The van der Waals surface area contributed by atoms with Crippen LogP contribution in [-0.4, -0.2) is 47.7 Å². The number of aliphatic carboxylic acids is 1. The van der Waals surface area contributed by atoms with E-state index in [-0.39, 0.29) is 18.2 Å². The van der Waals surface area contributed by atoms with Crippen molar-refractivity contribution in [2.45, 2.75) is 25.4 Å². The molecule has 0 saturated carbocycles. The van der Waals surface area contributed by atoms with Gasteiger partial charge in [-0.3, -0.25) is 9.59 Å². The number of benzene rings is 1. The van der Waals surface area contributed by atoms with Gasteiger partial charge in [-0.2, -0.15) is 5.53 Å². The number of nitrogens with one attached hydrogen (secondary N) is 3. The molecule has 9 heteroatoms. The monoisotopic (exact) mass is 339 g/mol. The van der Waals surface area contributed by atoms with Crippen LogP contribution in [0.2, 0.25) is 0 Å². The largest absolute Gasteiger partial charge is 0.480 e. The predicted octanol–water partition coefficient (Wildman–Crippen LogP) is -0.257.